The van der Waals surface area contributed by atoms with Gasteiger partial charge in [-0.25, -0.2) is 0 Å². The number of hydrogen-bond acceptors (Lipinski definition) is 0. The quantitative estimate of drug-likeness (QED) is 0.276. The van der Waals surface area contributed by atoms with Gasteiger partial charge in [0.25, 0.3) is 14.1 Å². The number of hydrogen-bond donors (Lipinski definition) is 0. The predicted molar refractivity (Wildman–Crippen MR) is 102 cm³/mol. The van der Waals surface area contributed by atoms with Crippen molar-refractivity contribution in [3.8, 4) is 0 Å². The summed E-state index contributed by atoms with van der Waals surface area (Å²) in [7, 11) is 0. The molecule has 0 aliphatic rings. The zero-order valence-corrected chi connectivity index (χ0v) is 17.4. The first-order valence-electron chi connectivity index (χ1n) is 9.35. The molecule has 0 spiro atoms. The second kappa shape index (κ2) is 11.8. The molecule has 21 heavy (non-hydrogen) atoms. The van der Waals surface area contributed by atoms with E-state index in [1.165, 1.54) is 31.3 Å². The summed E-state index contributed by atoms with van der Waals surface area (Å²) in [4.78, 5) is 0. The predicted octanol–water partition coefficient (Wildman–Crippen LogP) is 7.35. The average molecular weight is 309 g/mol. The summed E-state index contributed by atoms with van der Waals surface area (Å²) in [6.45, 7) is 18.9. The Morgan fingerprint density at radius 1 is 0.810 bits per heavy atom. The molecule has 0 aromatic rings. The van der Waals surface area contributed by atoms with Crippen molar-refractivity contribution >= 4 is 14.1 Å². The Morgan fingerprint density at radius 2 is 1.29 bits per heavy atom. The van der Waals surface area contributed by atoms with Crippen LogP contribution in [0.25, 0.3) is 0 Å². The molecule has 0 saturated heterocycles. The minimum Gasteiger partial charge on any atom is -0.0934 e. The van der Waals surface area contributed by atoms with Crippen LogP contribution in [0.15, 0.2) is 11.6 Å². The highest BCUT2D eigenvalue weighted by atomic mass is 27.2. The first-order chi connectivity index (χ1) is 9.72. The van der Waals surface area contributed by atoms with Crippen LogP contribution in [0.5, 0.6) is 0 Å². The van der Waals surface area contributed by atoms with Crippen molar-refractivity contribution in [2.45, 2.75) is 96.4 Å². The fourth-order valence-electron chi connectivity index (χ4n) is 3.18. The molecule has 0 aliphatic heterocycles. The summed E-state index contributed by atoms with van der Waals surface area (Å²) in [5, 5.41) is 3.14. The Balaban J connectivity index is 4.80. The van der Waals surface area contributed by atoms with Gasteiger partial charge in [-0.05, 0) is 38.0 Å². The van der Waals surface area contributed by atoms with Crippen molar-refractivity contribution in [3.05, 3.63) is 11.6 Å². The van der Waals surface area contributed by atoms with Crippen molar-refractivity contribution in [1.29, 1.82) is 0 Å². The van der Waals surface area contributed by atoms with Gasteiger partial charge in [0.2, 0.25) is 0 Å². The zero-order chi connectivity index (χ0) is 16.4. The van der Waals surface area contributed by atoms with Crippen LogP contribution in [-0.2, 0) is 0 Å². The molecule has 1 heteroatoms. The lowest BCUT2D eigenvalue weighted by Crippen LogP contribution is -2.23. The van der Waals surface area contributed by atoms with Crippen LogP contribution in [0, 0.1) is 17.8 Å². The molecule has 0 aromatic carbocycles. The average Bonchev–Trinajstić information content (AvgIpc) is 2.33. The summed E-state index contributed by atoms with van der Waals surface area (Å²) in [5.41, 5.74) is 1.50. The van der Waals surface area contributed by atoms with Crippen molar-refractivity contribution in [3.63, 3.8) is 0 Å². The Bertz CT molecular complexity index is 260. The Hall–Kier alpha value is 0.272. The lowest BCUT2D eigenvalue weighted by molar-refractivity contribution is 0.538. The van der Waals surface area contributed by atoms with Crippen molar-refractivity contribution < 1.29 is 0 Å². The van der Waals surface area contributed by atoms with E-state index in [1.807, 2.05) is 0 Å². The van der Waals surface area contributed by atoms with Gasteiger partial charge in [-0.15, -0.1) is 0 Å². The summed E-state index contributed by atoms with van der Waals surface area (Å²) >= 11 is -0.621. The minimum absolute atomic E-state index is 0.621. The first-order valence-corrected chi connectivity index (χ1v) is 11.7. The highest BCUT2D eigenvalue weighted by Gasteiger charge is 2.27. The van der Waals surface area contributed by atoms with Crippen molar-refractivity contribution in [2.24, 2.45) is 17.8 Å². The number of allylic oxidation sites excluding steroid dienone is 2. The van der Waals surface area contributed by atoms with Crippen LogP contribution >= 0.6 is 0 Å². The van der Waals surface area contributed by atoms with E-state index in [0.29, 0.717) is 0 Å². The van der Waals surface area contributed by atoms with E-state index >= 15 is 0 Å². The molecule has 0 aliphatic carbocycles. The molecule has 124 valence electrons. The molecule has 1 unspecified atom stereocenters. The molecule has 0 nitrogen and oxygen atoms in total. The van der Waals surface area contributed by atoms with Gasteiger partial charge >= 0.3 is 0 Å². The molecule has 0 rings (SSSR count). The summed E-state index contributed by atoms with van der Waals surface area (Å²) < 4.78 is 1.03. The molecule has 0 fully saturated rings. The molecular weight excluding hydrogens is 267 g/mol. The van der Waals surface area contributed by atoms with Crippen LogP contribution in [0.4, 0.5) is 0 Å². The third-order valence-electron chi connectivity index (χ3n) is 4.50. The summed E-state index contributed by atoms with van der Waals surface area (Å²) in [6, 6.07) is 0. The fraction of sp³-hybridized carbons (Fsp3) is 0.900. The lowest BCUT2D eigenvalue weighted by atomic mass is 10.0. The molecule has 0 N–H and O–H groups in total. The van der Waals surface area contributed by atoms with E-state index in [1.54, 1.807) is 10.6 Å². The third-order valence-corrected chi connectivity index (χ3v) is 8.53. The lowest BCUT2D eigenvalue weighted by Gasteiger charge is -2.25. The maximum absolute atomic E-state index is 2.51. The normalized spacial score (nSPS) is 13.1. The Labute approximate surface area is 140 Å². The van der Waals surface area contributed by atoms with Crippen LogP contribution in [0.1, 0.15) is 81.1 Å². The number of rotatable bonds is 11. The topological polar surface area (TPSA) is 0 Å². The van der Waals surface area contributed by atoms with Gasteiger partial charge in [-0.3, -0.25) is 0 Å². The van der Waals surface area contributed by atoms with Crippen LogP contribution < -0.4 is 0 Å². The molecule has 0 amide bonds. The first kappa shape index (κ1) is 21.3. The van der Waals surface area contributed by atoms with E-state index < -0.39 is 14.1 Å². The van der Waals surface area contributed by atoms with E-state index in [-0.39, 0.29) is 0 Å². The molecule has 1 atom stereocenters. The standard InChI is InChI=1S/C10H19.2C5H11.Al/c1-9(2)7-5-6-8-10(3)4;2*1-4-5(2)3;/h5,8-9H,6-7H2,1-4H3;2*5H,1,4H2,2-3H3;. The third kappa shape index (κ3) is 12.5. The monoisotopic (exact) mass is 308 g/mol. The zero-order valence-electron chi connectivity index (χ0n) is 16.2. The summed E-state index contributed by atoms with van der Waals surface area (Å²) in [6.07, 6.45) is 8.24. The van der Waals surface area contributed by atoms with Crippen LogP contribution in [0.2, 0.25) is 15.3 Å². The molecular formula is C20H41Al. The van der Waals surface area contributed by atoms with E-state index in [2.05, 4.69) is 61.5 Å². The van der Waals surface area contributed by atoms with Gasteiger partial charge in [-0.2, -0.15) is 0 Å². The fourth-order valence-corrected chi connectivity index (χ4v) is 8.06. The molecule has 0 radical (unpaired) electrons. The van der Waals surface area contributed by atoms with E-state index in [9.17, 15) is 0 Å². The Morgan fingerprint density at radius 3 is 1.62 bits per heavy atom. The maximum Gasteiger partial charge on any atom is 0.265 e. The maximum atomic E-state index is 2.51. The highest BCUT2D eigenvalue weighted by molar-refractivity contribution is 6.60. The minimum atomic E-state index is -0.621. The van der Waals surface area contributed by atoms with Crippen LogP contribution in [0.3, 0.4) is 0 Å². The van der Waals surface area contributed by atoms with Gasteiger partial charge in [0.05, 0.1) is 0 Å². The van der Waals surface area contributed by atoms with E-state index in [4.69, 9.17) is 0 Å². The molecule has 0 heterocycles. The van der Waals surface area contributed by atoms with Gasteiger partial charge in [0, 0.05) is 0 Å². The van der Waals surface area contributed by atoms with E-state index in [0.717, 1.165) is 22.5 Å². The highest BCUT2D eigenvalue weighted by Crippen LogP contribution is 2.32. The molecule has 0 bridgehead atoms. The van der Waals surface area contributed by atoms with Crippen molar-refractivity contribution in [2.75, 3.05) is 0 Å². The van der Waals surface area contributed by atoms with Gasteiger partial charge in [0.1, 0.15) is 0 Å². The van der Waals surface area contributed by atoms with Gasteiger partial charge in [-0.1, -0.05) is 87.8 Å². The van der Waals surface area contributed by atoms with Crippen molar-refractivity contribution in [1.82, 2.24) is 0 Å². The molecule has 0 saturated carbocycles. The van der Waals surface area contributed by atoms with Gasteiger partial charge in [0.15, 0.2) is 0 Å². The second-order valence-electron chi connectivity index (χ2n) is 8.61. The Kier molecular flexibility index (Phi) is 11.9. The van der Waals surface area contributed by atoms with Gasteiger partial charge < -0.3 is 0 Å². The second-order valence-corrected chi connectivity index (χ2v) is 12.2. The smallest absolute Gasteiger partial charge is 0.0934 e. The SMILES string of the molecule is CC(C)=CC[CH](CC(C)C)[Al]([CH2]CC(C)C)[CH2]CC(C)C. The molecule has 0 aromatic heterocycles. The van der Waals surface area contributed by atoms with Crippen LogP contribution in [-0.4, -0.2) is 14.1 Å². The summed E-state index contributed by atoms with van der Waals surface area (Å²) in [5.74, 6) is 2.61. The largest absolute Gasteiger partial charge is 0.265 e.